The predicted octanol–water partition coefficient (Wildman–Crippen LogP) is 2.23. The van der Waals surface area contributed by atoms with Gasteiger partial charge in [0.25, 0.3) is 5.95 Å². The van der Waals surface area contributed by atoms with E-state index in [-0.39, 0.29) is 0 Å². The standard InChI is InChI=1S/C14H15BO3/c1-11-3-8-14(18-11)17-10-2-9-16-13-6-4-12(15)5-7-13/h3-8H,2,9-10H2,1H3. The van der Waals surface area contributed by atoms with Crippen molar-refractivity contribution in [2.45, 2.75) is 13.3 Å². The molecule has 2 aromatic rings. The summed E-state index contributed by atoms with van der Waals surface area (Å²) in [6.07, 6.45) is 0.796. The number of hydrogen-bond acceptors (Lipinski definition) is 3. The van der Waals surface area contributed by atoms with Crippen LogP contribution >= 0.6 is 0 Å². The van der Waals surface area contributed by atoms with Gasteiger partial charge in [-0.15, -0.1) is 0 Å². The van der Waals surface area contributed by atoms with Gasteiger partial charge in [0.05, 0.1) is 13.2 Å². The SMILES string of the molecule is [B]c1ccc(OCCCOc2ccc(C)o2)cc1. The van der Waals surface area contributed by atoms with Gasteiger partial charge in [0.1, 0.15) is 19.4 Å². The summed E-state index contributed by atoms with van der Waals surface area (Å²) >= 11 is 0. The van der Waals surface area contributed by atoms with E-state index in [0.717, 1.165) is 23.4 Å². The molecule has 2 rings (SSSR count). The van der Waals surface area contributed by atoms with Crippen LogP contribution in [-0.2, 0) is 0 Å². The van der Waals surface area contributed by atoms with Crippen molar-refractivity contribution in [2.75, 3.05) is 13.2 Å². The molecule has 0 N–H and O–H groups in total. The first-order valence-corrected chi connectivity index (χ1v) is 5.91. The van der Waals surface area contributed by atoms with Gasteiger partial charge in [-0.1, -0.05) is 17.6 Å². The molecule has 92 valence electrons. The Morgan fingerprint density at radius 3 is 2.39 bits per heavy atom. The summed E-state index contributed by atoms with van der Waals surface area (Å²) in [6.45, 7) is 3.06. The monoisotopic (exact) mass is 242 g/mol. The molecule has 0 amide bonds. The van der Waals surface area contributed by atoms with E-state index >= 15 is 0 Å². The summed E-state index contributed by atoms with van der Waals surface area (Å²) < 4.78 is 16.2. The summed E-state index contributed by atoms with van der Waals surface area (Å²) in [5, 5.41) is 0. The van der Waals surface area contributed by atoms with Crippen LogP contribution in [0.5, 0.6) is 11.7 Å². The maximum absolute atomic E-state index is 5.58. The fourth-order valence-electron chi connectivity index (χ4n) is 1.48. The Balaban J connectivity index is 1.63. The average molecular weight is 242 g/mol. The quantitative estimate of drug-likeness (QED) is 0.575. The molecule has 0 unspecified atom stereocenters. The number of benzene rings is 1. The summed E-state index contributed by atoms with van der Waals surface area (Å²) in [6, 6.07) is 11.0. The minimum Gasteiger partial charge on any atom is -0.493 e. The van der Waals surface area contributed by atoms with Crippen molar-refractivity contribution >= 4 is 13.3 Å². The largest absolute Gasteiger partial charge is 0.493 e. The zero-order valence-electron chi connectivity index (χ0n) is 10.4. The van der Waals surface area contributed by atoms with E-state index in [9.17, 15) is 0 Å². The second kappa shape index (κ2) is 6.19. The molecule has 0 aliphatic carbocycles. The van der Waals surface area contributed by atoms with Crippen LogP contribution in [0.25, 0.3) is 0 Å². The van der Waals surface area contributed by atoms with Crippen LogP contribution < -0.4 is 14.9 Å². The number of rotatable bonds is 6. The van der Waals surface area contributed by atoms with Crippen molar-refractivity contribution in [1.82, 2.24) is 0 Å². The van der Waals surface area contributed by atoms with Crippen molar-refractivity contribution in [2.24, 2.45) is 0 Å². The zero-order valence-corrected chi connectivity index (χ0v) is 10.4. The van der Waals surface area contributed by atoms with Gasteiger partial charge in [-0.2, -0.15) is 0 Å². The van der Waals surface area contributed by atoms with Crippen molar-refractivity contribution < 1.29 is 13.9 Å². The highest BCUT2D eigenvalue weighted by atomic mass is 16.6. The van der Waals surface area contributed by atoms with Gasteiger partial charge in [0, 0.05) is 12.5 Å². The number of ether oxygens (including phenoxy) is 2. The normalized spacial score (nSPS) is 10.3. The lowest BCUT2D eigenvalue weighted by molar-refractivity contribution is 0.208. The Labute approximate surface area is 108 Å². The van der Waals surface area contributed by atoms with E-state index in [1.54, 1.807) is 0 Å². The Morgan fingerprint density at radius 1 is 1.00 bits per heavy atom. The van der Waals surface area contributed by atoms with Gasteiger partial charge in [-0.3, -0.25) is 0 Å². The second-order valence-electron chi connectivity index (χ2n) is 3.98. The number of hydrogen-bond donors (Lipinski definition) is 0. The lowest BCUT2D eigenvalue weighted by atomic mass is 9.97. The first-order chi connectivity index (χ1) is 8.74. The first kappa shape index (κ1) is 12.6. The fourth-order valence-corrected chi connectivity index (χ4v) is 1.48. The molecule has 2 radical (unpaired) electrons. The molecule has 0 bridgehead atoms. The Hall–Kier alpha value is -1.84. The molecule has 0 fully saturated rings. The smallest absolute Gasteiger partial charge is 0.284 e. The zero-order chi connectivity index (χ0) is 12.8. The lowest BCUT2D eigenvalue weighted by Crippen LogP contribution is -2.06. The molecule has 0 saturated heterocycles. The van der Waals surface area contributed by atoms with Gasteiger partial charge in [-0.25, -0.2) is 0 Å². The van der Waals surface area contributed by atoms with Crippen LogP contribution in [0.15, 0.2) is 40.8 Å². The summed E-state index contributed by atoms with van der Waals surface area (Å²) in [5.41, 5.74) is 0.735. The second-order valence-corrected chi connectivity index (χ2v) is 3.98. The molecule has 18 heavy (non-hydrogen) atoms. The van der Waals surface area contributed by atoms with Gasteiger partial charge >= 0.3 is 0 Å². The van der Waals surface area contributed by atoms with Crippen molar-refractivity contribution in [3.05, 3.63) is 42.2 Å². The third-order valence-electron chi connectivity index (χ3n) is 2.40. The molecule has 1 aromatic carbocycles. The van der Waals surface area contributed by atoms with E-state index in [1.807, 2.05) is 43.3 Å². The molecule has 0 saturated carbocycles. The molecule has 3 nitrogen and oxygen atoms in total. The maximum atomic E-state index is 5.58. The summed E-state index contributed by atoms with van der Waals surface area (Å²) in [4.78, 5) is 0. The van der Waals surface area contributed by atoms with E-state index in [0.29, 0.717) is 19.2 Å². The van der Waals surface area contributed by atoms with Gasteiger partial charge in [0.2, 0.25) is 0 Å². The van der Waals surface area contributed by atoms with Crippen molar-refractivity contribution in [3.8, 4) is 11.7 Å². The number of aryl methyl sites for hydroxylation is 1. The Bertz CT molecular complexity index is 476. The third-order valence-corrected chi connectivity index (χ3v) is 2.40. The molecule has 1 heterocycles. The van der Waals surface area contributed by atoms with Gasteiger partial charge in [0.15, 0.2) is 0 Å². The van der Waals surface area contributed by atoms with E-state index in [2.05, 4.69) is 0 Å². The average Bonchev–Trinajstić information content (AvgIpc) is 2.77. The molecule has 0 aliphatic rings. The van der Waals surface area contributed by atoms with Crippen LogP contribution in [0.2, 0.25) is 0 Å². The molecule has 1 aromatic heterocycles. The highest BCUT2D eigenvalue weighted by molar-refractivity contribution is 6.32. The molecule has 0 aliphatic heterocycles. The van der Waals surface area contributed by atoms with Crippen LogP contribution in [0, 0.1) is 6.92 Å². The number of furan rings is 1. The fraction of sp³-hybridized carbons (Fsp3) is 0.286. The Morgan fingerprint density at radius 2 is 1.72 bits per heavy atom. The molecule has 0 spiro atoms. The first-order valence-electron chi connectivity index (χ1n) is 5.91. The van der Waals surface area contributed by atoms with Crippen LogP contribution in [0.4, 0.5) is 0 Å². The van der Waals surface area contributed by atoms with E-state index < -0.39 is 0 Å². The van der Waals surface area contributed by atoms with E-state index in [1.165, 1.54) is 0 Å². The summed E-state index contributed by atoms with van der Waals surface area (Å²) in [7, 11) is 5.58. The van der Waals surface area contributed by atoms with E-state index in [4.69, 9.17) is 21.7 Å². The summed E-state index contributed by atoms with van der Waals surface area (Å²) in [5.74, 6) is 2.22. The minimum absolute atomic E-state index is 0.556. The highest BCUT2D eigenvalue weighted by Crippen LogP contribution is 2.14. The molecular formula is C14H15BO3. The third kappa shape index (κ3) is 3.88. The van der Waals surface area contributed by atoms with Gasteiger partial charge in [-0.05, 0) is 25.1 Å². The molecule has 4 heteroatoms. The lowest BCUT2D eigenvalue weighted by Gasteiger charge is -2.06. The predicted molar refractivity (Wildman–Crippen MR) is 70.9 cm³/mol. The van der Waals surface area contributed by atoms with Crippen LogP contribution in [0.1, 0.15) is 12.2 Å². The topological polar surface area (TPSA) is 31.6 Å². The van der Waals surface area contributed by atoms with Gasteiger partial charge < -0.3 is 13.9 Å². The van der Waals surface area contributed by atoms with Crippen LogP contribution in [0.3, 0.4) is 0 Å². The molecular weight excluding hydrogens is 227 g/mol. The molecule has 0 atom stereocenters. The highest BCUT2D eigenvalue weighted by Gasteiger charge is 1.99. The minimum atomic E-state index is 0.556. The Kier molecular flexibility index (Phi) is 4.34. The van der Waals surface area contributed by atoms with Crippen molar-refractivity contribution in [1.29, 1.82) is 0 Å². The van der Waals surface area contributed by atoms with Crippen LogP contribution in [-0.4, -0.2) is 21.1 Å². The maximum Gasteiger partial charge on any atom is 0.284 e. The van der Waals surface area contributed by atoms with Crippen molar-refractivity contribution in [3.63, 3.8) is 0 Å².